The average Bonchev–Trinajstić information content (AvgIpc) is 3.59. The van der Waals surface area contributed by atoms with Crippen LogP contribution in [0.1, 0.15) is 29.3 Å². The van der Waals surface area contributed by atoms with Crippen LogP contribution in [0.25, 0.3) is 28.6 Å². The van der Waals surface area contributed by atoms with Crippen LogP contribution in [0.5, 0.6) is 0 Å². The summed E-state index contributed by atoms with van der Waals surface area (Å²) in [7, 11) is 3.90. The number of nitrogens with one attached hydrogen (secondary N) is 3. The molecule has 0 radical (unpaired) electrons. The van der Waals surface area contributed by atoms with Crippen LogP contribution in [0.4, 0.5) is 17.1 Å². The van der Waals surface area contributed by atoms with Gasteiger partial charge in [0.1, 0.15) is 11.2 Å². The first-order valence-corrected chi connectivity index (χ1v) is 17.3. The lowest BCUT2D eigenvalue weighted by atomic mass is 10.1. The molecule has 0 bridgehead atoms. The molecule has 9 nitrogen and oxygen atoms in total. The van der Waals surface area contributed by atoms with Gasteiger partial charge in [-0.1, -0.05) is 55.5 Å². The Balaban J connectivity index is 1.13. The monoisotopic (exact) mass is 695 g/mol. The number of aromatic nitrogens is 1. The molecule has 0 aliphatic heterocycles. The van der Waals surface area contributed by atoms with E-state index in [9.17, 15) is 14.4 Å². The lowest BCUT2D eigenvalue weighted by Crippen LogP contribution is -2.30. The van der Waals surface area contributed by atoms with E-state index in [0.717, 1.165) is 27.2 Å². The Labute approximate surface area is 300 Å². The number of para-hydroxylation sites is 2. The van der Waals surface area contributed by atoms with Crippen molar-refractivity contribution < 1.29 is 18.8 Å². The highest BCUT2D eigenvalue weighted by molar-refractivity contribution is 8.00. The van der Waals surface area contributed by atoms with Gasteiger partial charge in [0.25, 0.3) is 11.8 Å². The number of hydrogen-bond acceptors (Lipinski definition) is 7. The largest absolute Gasteiger partial charge is 0.436 e. The molecule has 3 amide bonds. The first-order chi connectivity index (χ1) is 24.7. The molecule has 0 fully saturated rings. The summed E-state index contributed by atoms with van der Waals surface area (Å²) in [5.74, 6) is -0.503. The summed E-state index contributed by atoms with van der Waals surface area (Å²) in [5, 5.41) is 8.33. The SMILES string of the molecule is CCC(Sc1cccc(NC(=O)/C(=C\c2ccc(N(C)C)cc2)NC(=O)c2ccccc2)c1)C(=O)Nc1ccc(-c2nc3ccccc3o2)cc1. The van der Waals surface area contributed by atoms with E-state index >= 15 is 0 Å². The van der Waals surface area contributed by atoms with E-state index in [1.165, 1.54) is 11.8 Å². The van der Waals surface area contributed by atoms with Gasteiger partial charge in [0.05, 0.1) is 5.25 Å². The highest BCUT2D eigenvalue weighted by atomic mass is 32.2. The molecule has 5 aromatic carbocycles. The number of hydrogen-bond donors (Lipinski definition) is 3. The fourth-order valence-electron chi connectivity index (χ4n) is 5.22. The van der Waals surface area contributed by atoms with Gasteiger partial charge >= 0.3 is 0 Å². The molecule has 10 heteroatoms. The summed E-state index contributed by atoms with van der Waals surface area (Å²) in [6, 6.07) is 38.7. The maximum Gasteiger partial charge on any atom is 0.272 e. The third kappa shape index (κ3) is 8.92. The second kappa shape index (κ2) is 16.1. The minimum absolute atomic E-state index is 0.0902. The minimum Gasteiger partial charge on any atom is -0.436 e. The van der Waals surface area contributed by atoms with Crippen molar-refractivity contribution in [2.45, 2.75) is 23.5 Å². The number of thioether (sulfide) groups is 1. The van der Waals surface area contributed by atoms with E-state index in [-0.39, 0.29) is 11.6 Å². The van der Waals surface area contributed by atoms with Crippen LogP contribution >= 0.6 is 11.8 Å². The number of carbonyl (C=O) groups is 3. The predicted molar refractivity (Wildman–Crippen MR) is 206 cm³/mol. The zero-order valence-corrected chi connectivity index (χ0v) is 29.2. The molecule has 0 saturated carbocycles. The van der Waals surface area contributed by atoms with Crippen LogP contribution in [0, 0.1) is 0 Å². The average molecular weight is 696 g/mol. The fraction of sp³-hybridized carbons (Fsp3) is 0.122. The minimum atomic E-state index is -0.482. The van der Waals surface area contributed by atoms with Crippen LogP contribution in [-0.4, -0.2) is 42.1 Å². The molecule has 6 rings (SSSR count). The summed E-state index contributed by atoms with van der Waals surface area (Å²) in [6.07, 6.45) is 2.23. The van der Waals surface area contributed by atoms with Crippen molar-refractivity contribution in [3.05, 3.63) is 144 Å². The van der Waals surface area contributed by atoms with Gasteiger partial charge < -0.3 is 25.3 Å². The van der Waals surface area contributed by atoms with E-state index in [4.69, 9.17) is 4.42 Å². The van der Waals surface area contributed by atoms with Gasteiger partial charge in [-0.2, -0.15) is 0 Å². The molecular formula is C41H37N5O4S. The lowest BCUT2D eigenvalue weighted by Gasteiger charge is -2.16. The molecule has 0 spiro atoms. The maximum absolute atomic E-state index is 13.6. The van der Waals surface area contributed by atoms with E-state index in [1.54, 1.807) is 36.4 Å². The van der Waals surface area contributed by atoms with Crippen molar-refractivity contribution in [1.82, 2.24) is 10.3 Å². The van der Waals surface area contributed by atoms with Crippen molar-refractivity contribution in [3.8, 4) is 11.5 Å². The topological polar surface area (TPSA) is 117 Å². The summed E-state index contributed by atoms with van der Waals surface area (Å²) in [5.41, 5.74) is 5.78. The van der Waals surface area contributed by atoms with Gasteiger partial charge in [0, 0.05) is 47.2 Å². The molecule has 0 aliphatic carbocycles. The van der Waals surface area contributed by atoms with Crippen molar-refractivity contribution in [2.24, 2.45) is 0 Å². The van der Waals surface area contributed by atoms with E-state index in [1.807, 2.05) is 123 Å². The van der Waals surface area contributed by atoms with E-state index < -0.39 is 17.1 Å². The zero-order valence-electron chi connectivity index (χ0n) is 28.4. The first kappa shape index (κ1) is 34.7. The summed E-state index contributed by atoms with van der Waals surface area (Å²) < 4.78 is 5.87. The number of rotatable bonds is 12. The van der Waals surface area contributed by atoms with Crippen molar-refractivity contribution in [3.63, 3.8) is 0 Å². The summed E-state index contributed by atoms with van der Waals surface area (Å²) in [4.78, 5) is 47.4. The molecule has 1 aromatic heterocycles. The van der Waals surface area contributed by atoms with Gasteiger partial charge in [-0.15, -0.1) is 11.8 Å². The predicted octanol–water partition coefficient (Wildman–Crippen LogP) is 8.48. The molecule has 6 aromatic rings. The second-order valence-electron chi connectivity index (χ2n) is 11.9. The smallest absolute Gasteiger partial charge is 0.272 e. The zero-order chi connectivity index (χ0) is 35.7. The van der Waals surface area contributed by atoms with Gasteiger partial charge in [-0.25, -0.2) is 4.98 Å². The third-order valence-electron chi connectivity index (χ3n) is 7.98. The second-order valence-corrected chi connectivity index (χ2v) is 13.2. The van der Waals surface area contributed by atoms with Crippen LogP contribution in [0.15, 0.2) is 142 Å². The van der Waals surface area contributed by atoms with Gasteiger partial charge in [0.2, 0.25) is 11.8 Å². The Morgan fingerprint density at radius 3 is 2.24 bits per heavy atom. The maximum atomic E-state index is 13.6. The standard InChI is InChI=1S/C41H37N5O4S/c1-4-37(40(49)42-30-21-19-29(20-22-30)41-45-34-15-8-9-16-36(34)50-41)51-33-14-10-13-31(26-33)43-39(48)35(44-38(47)28-11-6-5-7-12-28)25-27-17-23-32(24-18-27)46(2)3/h5-26,37H,4H2,1-3H3,(H,42,49)(H,43,48)(H,44,47)/b35-25+. The van der Waals surface area contributed by atoms with Crippen LogP contribution in [-0.2, 0) is 9.59 Å². The number of amides is 3. The Bertz CT molecular complexity index is 2150. The number of fused-ring (bicyclic) bond motifs is 1. The van der Waals surface area contributed by atoms with E-state index in [0.29, 0.717) is 34.8 Å². The third-order valence-corrected chi connectivity index (χ3v) is 9.33. The van der Waals surface area contributed by atoms with Gasteiger partial charge in [-0.3, -0.25) is 14.4 Å². The highest BCUT2D eigenvalue weighted by Gasteiger charge is 2.20. The van der Waals surface area contributed by atoms with Crippen molar-refractivity contribution in [2.75, 3.05) is 29.6 Å². The van der Waals surface area contributed by atoms with Crippen molar-refractivity contribution in [1.29, 1.82) is 0 Å². The summed E-state index contributed by atoms with van der Waals surface area (Å²) in [6.45, 7) is 1.96. The quantitative estimate of drug-likeness (QED) is 0.0869. The molecular weight excluding hydrogens is 659 g/mol. The normalized spacial score (nSPS) is 11.9. The van der Waals surface area contributed by atoms with E-state index in [2.05, 4.69) is 20.9 Å². The molecule has 1 heterocycles. The molecule has 0 aliphatic rings. The van der Waals surface area contributed by atoms with Crippen LogP contribution in [0.2, 0.25) is 0 Å². The molecule has 51 heavy (non-hydrogen) atoms. The molecule has 256 valence electrons. The van der Waals surface area contributed by atoms with Crippen LogP contribution < -0.4 is 20.9 Å². The van der Waals surface area contributed by atoms with Crippen molar-refractivity contribution >= 4 is 63.7 Å². The fourth-order valence-corrected chi connectivity index (χ4v) is 6.24. The number of carbonyl (C=O) groups excluding carboxylic acids is 3. The van der Waals surface area contributed by atoms with Gasteiger partial charge in [-0.05, 0) is 96.9 Å². The van der Waals surface area contributed by atoms with Crippen LogP contribution in [0.3, 0.4) is 0 Å². The lowest BCUT2D eigenvalue weighted by molar-refractivity contribution is -0.116. The number of benzene rings is 5. The molecule has 0 saturated heterocycles. The Hall–Kier alpha value is -6.13. The Kier molecular flexibility index (Phi) is 10.9. The number of anilines is 3. The molecule has 1 unspecified atom stereocenters. The Morgan fingerprint density at radius 2 is 1.53 bits per heavy atom. The first-order valence-electron chi connectivity index (χ1n) is 16.5. The number of nitrogens with zero attached hydrogens (tertiary/aromatic N) is 2. The molecule has 1 atom stereocenters. The molecule has 3 N–H and O–H groups in total. The highest BCUT2D eigenvalue weighted by Crippen LogP contribution is 2.30. The summed E-state index contributed by atoms with van der Waals surface area (Å²) >= 11 is 1.41. The van der Waals surface area contributed by atoms with Gasteiger partial charge in [0.15, 0.2) is 5.58 Å². The Morgan fingerprint density at radius 1 is 0.804 bits per heavy atom. The number of oxazole rings is 1.